The number of hydrogen-bond donors (Lipinski definition) is 1. The highest BCUT2D eigenvalue weighted by Gasteiger charge is 2.24. The smallest absolute Gasteiger partial charge is 0.240 e. The fraction of sp³-hybridized carbons (Fsp3) is 0.381. The second-order valence-electron chi connectivity index (χ2n) is 7.84. The lowest BCUT2D eigenvalue weighted by Gasteiger charge is -2.22. The number of sulfonamides is 1. The van der Waals surface area contributed by atoms with Gasteiger partial charge in [-0.2, -0.15) is 0 Å². The van der Waals surface area contributed by atoms with Gasteiger partial charge in [-0.1, -0.05) is 32.9 Å². The van der Waals surface area contributed by atoms with Crippen LogP contribution < -0.4 is 14.4 Å². The van der Waals surface area contributed by atoms with E-state index in [2.05, 4.69) is 26.1 Å². The summed E-state index contributed by atoms with van der Waals surface area (Å²) in [4.78, 5) is 12.1. The number of carbonyl (C=O) groups excluding carboxylic acids is 1. The molecule has 164 valence electrons. The van der Waals surface area contributed by atoms with Crippen LogP contribution in [0.3, 0.4) is 0 Å². The van der Waals surface area contributed by atoms with Crippen molar-refractivity contribution in [3.05, 3.63) is 59.7 Å². The second-order valence-corrected chi connectivity index (χ2v) is 9.74. The summed E-state index contributed by atoms with van der Waals surface area (Å²) in [6.45, 7) is 5.98. The molecule has 30 heavy (non-hydrogen) atoms. The molecule has 2 aromatic rings. The molecule has 0 aliphatic rings. The molecule has 6 nitrogen and oxygen atoms in total. The van der Waals surface area contributed by atoms with Crippen LogP contribution in [0.1, 0.15) is 26.3 Å². The van der Waals surface area contributed by atoms with Crippen molar-refractivity contribution in [2.45, 2.75) is 26.2 Å². The molecular formula is C21H26F2N2O4S. The molecule has 0 heterocycles. The van der Waals surface area contributed by atoms with Crippen molar-refractivity contribution in [2.24, 2.45) is 0 Å². The third-order valence-electron chi connectivity index (χ3n) is 4.28. The standard InChI is InChI=1S/C21H26F2N2O4S/c1-21(2,3)15-5-8-17(9-6-15)29-12-11-24-20(26)14-25(30(4,27)28)19-10-7-16(22)13-18(19)23/h5-10,13H,11-12,14H2,1-4H3,(H,24,26). The zero-order valence-electron chi connectivity index (χ0n) is 17.4. The minimum Gasteiger partial charge on any atom is -0.492 e. The quantitative estimate of drug-likeness (QED) is 0.640. The number of benzene rings is 2. The summed E-state index contributed by atoms with van der Waals surface area (Å²) in [7, 11) is -3.96. The zero-order valence-corrected chi connectivity index (χ0v) is 18.2. The lowest BCUT2D eigenvalue weighted by molar-refractivity contribution is -0.119. The summed E-state index contributed by atoms with van der Waals surface area (Å²) >= 11 is 0. The van der Waals surface area contributed by atoms with E-state index in [0.29, 0.717) is 16.1 Å². The Morgan fingerprint density at radius 1 is 1.10 bits per heavy atom. The predicted molar refractivity (Wildman–Crippen MR) is 112 cm³/mol. The largest absolute Gasteiger partial charge is 0.492 e. The van der Waals surface area contributed by atoms with Crippen LogP contribution in [0.2, 0.25) is 0 Å². The molecule has 0 aliphatic carbocycles. The summed E-state index contributed by atoms with van der Waals surface area (Å²) < 4.78 is 57.2. The lowest BCUT2D eigenvalue weighted by Crippen LogP contribution is -2.41. The van der Waals surface area contributed by atoms with Crippen molar-refractivity contribution in [1.29, 1.82) is 0 Å². The van der Waals surface area contributed by atoms with E-state index >= 15 is 0 Å². The van der Waals surface area contributed by atoms with Crippen LogP contribution in [0.5, 0.6) is 5.75 Å². The van der Waals surface area contributed by atoms with Gasteiger partial charge in [0.25, 0.3) is 0 Å². The third kappa shape index (κ3) is 6.69. The van der Waals surface area contributed by atoms with Crippen molar-refractivity contribution in [3.8, 4) is 5.75 Å². The molecular weight excluding hydrogens is 414 g/mol. The minimum atomic E-state index is -3.96. The first-order valence-corrected chi connectivity index (χ1v) is 11.2. The summed E-state index contributed by atoms with van der Waals surface area (Å²) in [5.74, 6) is -1.92. The minimum absolute atomic E-state index is 0.0298. The predicted octanol–water partition coefficient (Wildman–Crippen LogP) is 3.22. The number of halogens is 2. The van der Waals surface area contributed by atoms with Crippen molar-refractivity contribution in [3.63, 3.8) is 0 Å². The number of rotatable bonds is 8. The number of hydrogen-bond acceptors (Lipinski definition) is 4. The van der Waals surface area contributed by atoms with Gasteiger partial charge in [0.1, 0.15) is 30.5 Å². The monoisotopic (exact) mass is 440 g/mol. The van der Waals surface area contributed by atoms with Gasteiger partial charge in [0.15, 0.2) is 0 Å². The molecule has 2 rings (SSSR count). The van der Waals surface area contributed by atoms with Crippen molar-refractivity contribution < 1.29 is 26.7 Å². The molecule has 0 saturated carbocycles. The van der Waals surface area contributed by atoms with Crippen LogP contribution in [0.15, 0.2) is 42.5 Å². The average molecular weight is 441 g/mol. The molecule has 0 bridgehead atoms. The van der Waals surface area contributed by atoms with E-state index in [1.165, 1.54) is 0 Å². The average Bonchev–Trinajstić information content (AvgIpc) is 2.63. The van der Waals surface area contributed by atoms with E-state index in [1.54, 1.807) is 0 Å². The molecule has 0 radical (unpaired) electrons. The molecule has 0 atom stereocenters. The fourth-order valence-electron chi connectivity index (χ4n) is 2.66. The number of amides is 1. The van der Waals surface area contributed by atoms with E-state index in [1.807, 2.05) is 24.3 Å². The van der Waals surface area contributed by atoms with E-state index in [-0.39, 0.29) is 18.6 Å². The van der Waals surface area contributed by atoms with E-state index in [9.17, 15) is 22.0 Å². The van der Waals surface area contributed by atoms with Crippen LogP contribution in [-0.2, 0) is 20.2 Å². The number of carbonyl (C=O) groups is 1. The van der Waals surface area contributed by atoms with E-state index in [0.717, 1.165) is 24.0 Å². The first-order chi connectivity index (χ1) is 13.9. The van der Waals surface area contributed by atoms with Crippen LogP contribution in [0.25, 0.3) is 0 Å². The normalized spacial score (nSPS) is 11.8. The Morgan fingerprint density at radius 2 is 1.73 bits per heavy atom. The third-order valence-corrected chi connectivity index (χ3v) is 5.41. The highest BCUT2D eigenvalue weighted by atomic mass is 32.2. The van der Waals surface area contributed by atoms with Crippen LogP contribution in [-0.4, -0.2) is 40.3 Å². The van der Waals surface area contributed by atoms with Gasteiger partial charge in [0.2, 0.25) is 15.9 Å². The first kappa shape index (κ1) is 23.6. The Balaban J connectivity index is 1.90. The summed E-state index contributed by atoms with van der Waals surface area (Å²) in [5.41, 5.74) is 0.795. The SMILES string of the molecule is CC(C)(C)c1ccc(OCCNC(=O)CN(c2ccc(F)cc2F)S(C)(=O)=O)cc1. The maximum Gasteiger partial charge on any atom is 0.240 e. The topological polar surface area (TPSA) is 75.7 Å². The molecule has 0 saturated heterocycles. The van der Waals surface area contributed by atoms with Gasteiger partial charge in [-0.15, -0.1) is 0 Å². The molecule has 2 aromatic carbocycles. The molecule has 9 heteroatoms. The summed E-state index contributed by atoms with van der Waals surface area (Å²) in [5, 5.41) is 2.53. The van der Waals surface area contributed by atoms with Crippen molar-refractivity contribution >= 4 is 21.6 Å². The van der Waals surface area contributed by atoms with Crippen molar-refractivity contribution in [1.82, 2.24) is 5.32 Å². The Bertz CT molecular complexity index is 987. The maximum absolute atomic E-state index is 14.0. The maximum atomic E-state index is 14.0. The van der Waals surface area contributed by atoms with Crippen LogP contribution in [0.4, 0.5) is 14.5 Å². The fourth-order valence-corrected chi connectivity index (χ4v) is 3.52. The van der Waals surface area contributed by atoms with Gasteiger partial charge in [-0.25, -0.2) is 17.2 Å². The second kappa shape index (κ2) is 9.42. The Hall–Kier alpha value is -2.68. The zero-order chi connectivity index (χ0) is 22.5. The van der Waals surface area contributed by atoms with Gasteiger partial charge >= 0.3 is 0 Å². The molecule has 0 aliphatic heterocycles. The molecule has 0 fully saturated rings. The van der Waals surface area contributed by atoms with Gasteiger partial charge in [-0.05, 0) is 35.2 Å². The number of nitrogens with one attached hydrogen (secondary N) is 1. The summed E-state index contributed by atoms with van der Waals surface area (Å²) in [6.07, 6.45) is 0.841. The molecule has 0 unspecified atom stereocenters. The van der Waals surface area contributed by atoms with Gasteiger partial charge in [-0.3, -0.25) is 9.10 Å². The molecule has 1 N–H and O–H groups in total. The van der Waals surface area contributed by atoms with Crippen molar-refractivity contribution in [2.75, 3.05) is 30.3 Å². The first-order valence-electron chi connectivity index (χ1n) is 9.31. The molecule has 0 aromatic heterocycles. The Kier molecular flexibility index (Phi) is 7.41. The lowest BCUT2D eigenvalue weighted by atomic mass is 9.87. The Labute approximate surface area is 175 Å². The number of nitrogens with zero attached hydrogens (tertiary/aromatic N) is 1. The molecule has 1 amide bonds. The van der Waals surface area contributed by atoms with E-state index in [4.69, 9.17) is 4.74 Å². The van der Waals surface area contributed by atoms with Crippen LogP contribution in [0, 0.1) is 11.6 Å². The summed E-state index contributed by atoms with van der Waals surface area (Å²) in [6, 6.07) is 10.1. The number of anilines is 1. The van der Waals surface area contributed by atoms with Crippen LogP contribution >= 0.6 is 0 Å². The van der Waals surface area contributed by atoms with Gasteiger partial charge < -0.3 is 10.1 Å². The Morgan fingerprint density at radius 3 is 2.27 bits per heavy atom. The van der Waals surface area contributed by atoms with E-state index < -0.39 is 39.8 Å². The highest BCUT2D eigenvalue weighted by molar-refractivity contribution is 7.92. The van der Waals surface area contributed by atoms with Gasteiger partial charge in [0, 0.05) is 6.07 Å². The van der Waals surface area contributed by atoms with Gasteiger partial charge in [0.05, 0.1) is 18.5 Å². The number of ether oxygens (including phenoxy) is 1. The molecule has 0 spiro atoms. The highest BCUT2D eigenvalue weighted by Crippen LogP contribution is 2.24.